The Morgan fingerprint density at radius 3 is 2.75 bits per heavy atom. The number of hydrogen-bond acceptors (Lipinski definition) is 4. The van der Waals surface area contributed by atoms with Gasteiger partial charge < -0.3 is 0 Å². The highest BCUT2D eigenvalue weighted by molar-refractivity contribution is 7.13. The Kier molecular flexibility index (Phi) is 3.38. The second-order valence-electron chi connectivity index (χ2n) is 2.83. The minimum Gasteiger partial charge on any atom is -0.296 e. The lowest BCUT2D eigenvalue weighted by molar-refractivity contribution is 0.102. The van der Waals surface area contributed by atoms with Crippen molar-refractivity contribution >= 4 is 45.6 Å². The molecule has 4 nitrogen and oxygen atoms in total. The number of anilines is 1. The molecule has 0 saturated carbocycles. The van der Waals surface area contributed by atoms with Crippen LogP contribution in [0.5, 0.6) is 0 Å². The predicted octanol–water partition coefficient (Wildman–Crippen LogP) is 3.10. The van der Waals surface area contributed by atoms with Crippen molar-refractivity contribution in [3.05, 3.63) is 39.3 Å². The smallest absolute Gasteiger partial charge is 0.257 e. The van der Waals surface area contributed by atoms with Crippen LogP contribution in [0.4, 0.5) is 5.13 Å². The van der Waals surface area contributed by atoms with Gasteiger partial charge in [-0.3, -0.25) is 10.1 Å². The van der Waals surface area contributed by atoms with Gasteiger partial charge in [-0.1, -0.05) is 34.5 Å². The lowest BCUT2D eigenvalue weighted by Gasteiger charge is -2.02. The molecule has 0 bridgehead atoms. The molecule has 1 N–H and O–H groups in total. The maximum atomic E-state index is 11.7. The number of nitrogens with one attached hydrogen (secondary N) is 1. The molecule has 0 fully saturated rings. The maximum absolute atomic E-state index is 11.7. The maximum Gasteiger partial charge on any atom is 0.257 e. The summed E-state index contributed by atoms with van der Waals surface area (Å²) < 4.78 is 0. The normalized spacial score (nSPS) is 10.1. The fourth-order valence-corrected chi connectivity index (χ4v) is 1.77. The molecule has 0 aliphatic heterocycles. The second kappa shape index (κ2) is 4.78. The van der Waals surface area contributed by atoms with Gasteiger partial charge >= 0.3 is 0 Å². The third-order valence-electron chi connectivity index (χ3n) is 1.76. The van der Waals surface area contributed by atoms with Gasteiger partial charge in [0.1, 0.15) is 5.51 Å². The van der Waals surface area contributed by atoms with Crippen molar-refractivity contribution in [1.82, 2.24) is 10.2 Å². The van der Waals surface area contributed by atoms with Gasteiger partial charge in [-0.05, 0) is 18.2 Å². The highest BCUT2D eigenvalue weighted by atomic mass is 35.5. The second-order valence-corrected chi connectivity index (χ2v) is 4.47. The fourth-order valence-electron chi connectivity index (χ4n) is 1.03. The number of amides is 1. The SMILES string of the molecule is O=C(Nc1nncs1)c1ccc(Cl)c(Cl)c1. The van der Waals surface area contributed by atoms with Gasteiger partial charge in [-0.15, -0.1) is 10.2 Å². The number of aromatic nitrogens is 2. The lowest BCUT2D eigenvalue weighted by Crippen LogP contribution is -2.11. The van der Waals surface area contributed by atoms with E-state index in [9.17, 15) is 4.79 Å². The molecule has 7 heteroatoms. The summed E-state index contributed by atoms with van der Waals surface area (Å²) in [7, 11) is 0. The number of hydrogen-bond donors (Lipinski definition) is 1. The summed E-state index contributed by atoms with van der Waals surface area (Å²) in [5, 5.41) is 11.1. The number of halogens is 2. The van der Waals surface area contributed by atoms with Crippen LogP contribution in [0.2, 0.25) is 10.0 Å². The van der Waals surface area contributed by atoms with Crippen molar-refractivity contribution in [2.24, 2.45) is 0 Å². The van der Waals surface area contributed by atoms with E-state index < -0.39 is 0 Å². The van der Waals surface area contributed by atoms with Gasteiger partial charge in [-0.2, -0.15) is 0 Å². The minimum atomic E-state index is -0.296. The Morgan fingerprint density at radius 1 is 1.31 bits per heavy atom. The number of rotatable bonds is 2. The zero-order chi connectivity index (χ0) is 11.5. The topological polar surface area (TPSA) is 54.9 Å². The summed E-state index contributed by atoms with van der Waals surface area (Å²) in [5.41, 5.74) is 1.95. The predicted molar refractivity (Wildman–Crippen MR) is 64.3 cm³/mol. The zero-order valence-corrected chi connectivity index (χ0v) is 10.1. The van der Waals surface area contributed by atoms with E-state index in [4.69, 9.17) is 23.2 Å². The van der Waals surface area contributed by atoms with Crippen molar-refractivity contribution in [2.75, 3.05) is 5.32 Å². The molecule has 2 aromatic rings. The molecule has 1 heterocycles. The van der Waals surface area contributed by atoms with Crippen molar-refractivity contribution in [2.45, 2.75) is 0 Å². The van der Waals surface area contributed by atoms with Crippen LogP contribution in [0, 0.1) is 0 Å². The van der Waals surface area contributed by atoms with Crippen molar-refractivity contribution < 1.29 is 4.79 Å². The summed E-state index contributed by atoms with van der Waals surface area (Å²) in [6.07, 6.45) is 0. The molecule has 0 aliphatic carbocycles. The molecular weight excluding hydrogens is 269 g/mol. The molecule has 1 aromatic heterocycles. The standard InChI is InChI=1S/C9H5Cl2N3OS/c10-6-2-1-5(3-7(6)11)8(15)13-9-14-12-4-16-9/h1-4H,(H,13,14,15). The monoisotopic (exact) mass is 273 g/mol. The average molecular weight is 274 g/mol. The zero-order valence-electron chi connectivity index (χ0n) is 7.78. The van der Waals surface area contributed by atoms with Gasteiger partial charge in [0, 0.05) is 5.56 Å². The Bertz CT molecular complexity index is 515. The van der Waals surface area contributed by atoms with Gasteiger partial charge in [0.15, 0.2) is 0 Å². The first-order chi connectivity index (χ1) is 7.66. The molecule has 0 aliphatic rings. The molecule has 0 unspecified atom stereocenters. The van der Waals surface area contributed by atoms with Gasteiger partial charge in [0.05, 0.1) is 10.0 Å². The van der Waals surface area contributed by atoms with Crippen LogP contribution in [-0.4, -0.2) is 16.1 Å². The van der Waals surface area contributed by atoms with E-state index in [1.807, 2.05) is 0 Å². The summed E-state index contributed by atoms with van der Waals surface area (Å²) in [6, 6.07) is 4.66. The molecule has 0 atom stereocenters. The first-order valence-corrected chi connectivity index (χ1v) is 5.83. The number of carbonyl (C=O) groups excluding carboxylic acids is 1. The summed E-state index contributed by atoms with van der Waals surface area (Å²) in [6.45, 7) is 0. The first kappa shape index (κ1) is 11.3. The molecule has 0 saturated heterocycles. The van der Waals surface area contributed by atoms with E-state index in [0.717, 1.165) is 0 Å². The van der Waals surface area contributed by atoms with Gasteiger partial charge in [0.2, 0.25) is 5.13 Å². The van der Waals surface area contributed by atoms with Crippen LogP contribution in [0.3, 0.4) is 0 Å². The van der Waals surface area contributed by atoms with E-state index in [1.165, 1.54) is 22.9 Å². The quantitative estimate of drug-likeness (QED) is 0.915. The van der Waals surface area contributed by atoms with Crippen molar-refractivity contribution in [3.8, 4) is 0 Å². The van der Waals surface area contributed by atoms with Crippen LogP contribution in [-0.2, 0) is 0 Å². The molecule has 16 heavy (non-hydrogen) atoms. The Morgan fingerprint density at radius 2 is 2.12 bits per heavy atom. The van der Waals surface area contributed by atoms with Crippen LogP contribution in [0.1, 0.15) is 10.4 Å². The summed E-state index contributed by atoms with van der Waals surface area (Å²) in [4.78, 5) is 11.7. The summed E-state index contributed by atoms with van der Waals surface area (Å²) >= 11 is 12.8. The lowest BCUT2D eigenvalue weighted by atomic mass is 10.2. The minimum absolute atomic E-state index is 0.296. The van der Waals surface area contributed by atoms with Crippen LogP contribution in [0.15, 0.2) is 23.7 Å². The molecule has 0 spiro atoms. The highest BCUT2D eigenvalue weighted by Gasteiger charge is 2.09. The van der Waals surface area contributed by atoms with Gasteiger partial charge in [-0.25, -0.2) is 0 Å². The van der Waals surface area contributed by atoms with Crippen LogP contribution in [0.25, 0.3) is 0 Å². The van der Waals surface area contributed by atoms with Crippen LogP contribution < -0.4 is 5.32 Å². The number of benzene rings is 1. The van der Waals surface area contributed by atoms with E-state index in [2.05, 4.69) is 15.5 Å². The molecule has 0 radical (unpaired) electrons. The highest BCUT2D eigenvalue weighted by Crippen LogP contribution is 2.23. The van der Waals surface area contributed by atoms with Crippen molar-refractivity contribution in [1.29, 1.82) is 0 Å². The van der Waals surface area contributed by atoms with Crippen molar-refractivity contribution in [3.63, 3.8) is 0 Å². The fraction of sp³-hybridized carbons (Fsp3) is 0. The van der Waals surface area contributed by atoms with E-state index >= 15 is 0 Å². The largest absolute Gasteiger partial charge is 0.296 e. The number of nitrogens with zero attached hydrogens (tertiary/aromatic N) is 2. The Balaban J connectivity index is 2.18. The molecule has 82 valence electrons. The Hall–Kier alpha value is -1.17. The Labute approximate surface area is 105 Å². The first-order valence-electron chi connectivity index (χ1n) is 4.19. The average Bonchev–Trinajstić information content (AvgIpc) is 2.74. The summed E-state index contributed by atoms with van der Waals surface area (Å²) in [5.74, 6) is -0.296. The third-order valence-corrected chi connectivity index (χ3v) is 3.11. The number of carbonyl (C=O) groups is 1. The molecule has 1 aromatic carbocycles. The third kappa shape index (κ3) is 2.49. The van der Waals surface area contributed by atoms with E-state index in [1.54, 1.807) is 12.1 Å². The molecule has 2 rings (SSSR count). The van der Waals surface area contributed by atoms with E-state index in [-0.39, 0.29) is 5.91 Å². The van der Waals surface area contributed by atoms with Gasteiger partial charge in [0.25, 0.3) is 5.91 Å². The van der Waals surface area contributed by atoms with E-state index in [0.29, 0.717) is 20.7 Å². The van der Waals surface area contributed by atoms with Crippen LogP contribution >= 0.6 is 34.5 Å². The molecular formula is C9H5Cl2N3OS. The molecule has 1 amide bonds.